The Balaban J connectivity index is 1.48. The molecule has 1 saturated carbocycles. The number of para-hydroxylation sites is 2. The highest BCUT2D eigenvalue weighted by Crippen LogP contribution is 2.40. The Morgan fingerprint density at radius 1 is 1.20 bits per heavy atom. The molecule has 1 amide bonds. The summed E-state index contributed by atoms with van der Waals surface area (Å²) in [6, 6.07) is 13.9. The number of benzene rings is 2. The summed E-state index contributed by atoms with van der Waals surface area (Å²) in [6.45, 7) is -0.0213. The molecule has 0 spiro atoms. The number of nitrogens with one attached hydrogen (secondary N) is 1. The second kappa shape index (κ2) is 5.88. The first-order valence-electron chi connectivity index (χ1n) is 8.23. The summed E-state index contributed by atoms with van der Waals surface area (Å²) in [5.74, 6) is -0.331. The van der Waals surface area contributed by atoms with Gasteiger partial charge in [0.25, 0.3) is 0 Å². The number of rotatable bonds is 4. The van der Waals surface area contributed by atoms with Crippen molar-refractivity contribution in [1.29, 1.82) is 0 Å². The Bertz CT molecular complexity index is 1020. The van der Waals surface area contributed by atoms with Crippen LogP contribution in [0.25, 0.3) is 11.0 Å². The molecule has 1 N–H and O–H groups in total. The normalized spacial score (nSPS) is 19.1. The number of hydrogen-bond acceptors (Lipinski definition) is 2. The molecule has 1 aliphatic carbocycles. The zero-order valence-electron chi connectivity index (χ0n) is 13.8. The predicted molar refractivity (Wildman–Crippen MR) is 92.9 cm³/mol. The number of carbonyl (C=O) groups is 1. The fourth-order valence-electron chi connectivity index (χ4n) is 3.37. The smallest absolute Gasteiger partial charge is 0.329 e. The Kier molecular flexibility index (Phi) is 3.67. The summed E-state index contributed by atoms with van der Waals surface area (Å²) >= 11 is 0. The molecule has 6 heteroatoms. The molecule has 0 radical (unpaired) electrons. The zero-order valence-corrected chi connectivity index (χ0v) is 13.8. The molecule has 0 unspecified atom stereocenters. The molecule has 1 heterocycles. The standard InChI is InChI=1S/C19H18FN3O2/c1-22-16-7-2-3-8-17(16)23(19(22)25)11-18(24)21-15-10-14(15)12-5-4-6-13(20)9-12/h2-9,14-15H,10-11H2,1H3,(H,21,24)/t14-,15+/m1/s1. The molecule has 0 aliphatic heterocycles. The van der Waals surface area contributed by atoms with E-state index in [0.29, 0.717) is 0 Å². The van der Waals surface area contributed by atoms with Gasteiger partial charge in [0.05, 0.1) is 11.0 Å². The number of nitrogens with zero attached hydrogens (tertiary/aromatic N) is 2. The lowest BCUT2D eigenvalue weighted by Gasteiger charge is -2.06. The van der Waals surface area contributed by atoms with Gasteiger partial charge in [0.1, 0.15) is 12.4 Å². The molecule has 5 nitrogen and oxygen atoms in total. The van der Waals surface area contributed by atoms with Crippen molar-refractivity contribution < 1.29 is 9.18 Å². The van der Waals surface area contributed by atoms with Gasteiger partial charge in [-0.3, -0.25) is 13.9 Å². The molecule has 1 aromatic heterocycles. The third kappa shape index (κ3) is 2.84. The van der Waals surface area contributed by atoms with Crippen LogP contribution in [0.15, 0.2) is 53.3 Å². The molecular weight excluding hydrogens is 321 g/mol. The largest absolute Gasteiger partial charge is 0.351 e. The maximum atomic E-state index is 13.3. The summed E-state index contributed by atoms with van der Waals surface area (Å²) in [4.78, 5) is 24.7. The van der Waals surface area contributed by atoms with Gasteiger partial charge in [0, 0.05) is 19.0 Å². The van der Waals surface area contributed by atoms with E-state index in [0.717, 1.165) is 23.0 Å². The van der Waals surface area contributed by atoms with E-state index in [1.807, 2.05) is 30.3 Å². The molecule has 3 aromatic rings. The van der Waals surface area contributed by atoms with E-state index < -0.39 is 0 Å². The molecule has 4 rings (SSSR count). The molecule has 1 fully saturated rings. The fraction of sp³-hybridized carbons (Fsp3) is 0.263. The number of carbonyl (C=O) groups excluding carboxylic acids is 1. The molecule has 25 heavy (non-hydrogen) atoms. The fourth-order valence-corrected chi connectivity index (χ4v) is 3.37. The molecule has 2 atom stereocenters. The van der Waals surface area contributed by atoms with Gasteiger partial charge < -0.3 is 5.32 Å². The predicted octanol–water partition coefficient (Wildman–Crippen LogP) is 2.15. The van der Waals surface area contributed by atoms with Crippen LogP contribution in [0.5, 0.6) is 0 Å². The van der Waals surface area contributed by atoms with Gasteiger partial charge in [0.2, 0.25) is 5.91 Å². The number of aromatic nitrogens is 2. The minimum Gasteiger partial charge on any atom is -0.351 e. The van der Waals surface area contributed by atoms with Crippen molar-refractivity contribution in [1.82, 2.24) is 14.5 Å². The van der Waals surface area contributed by atoms with E-state index in [1.54, 1.807) is 13.1 Å². The van der Waals surface area contributed by atoms with E-state index in [4.69, 9.17) is 0 Å². The molecular formula is C19H18FN3O2. The van der Waals surface area contributed by atoms with Crippen LogP contribution in [0.1, 0.15) is 17.9 Å². The minimum atomic E-state index is -0.267. The zero-order chi connectivity index (χ0) is 17.6. The third-order valence-electron chi connectivity index (χ3n) is 4.77. The number of hydrogen-bond donors (Lipinski definition) is 1. The SMILES string of the molecule is Cn1c(=O)n(CC(=O)N[C@H]2C[C@@H]2c2cccc(F)c2)c2ccccc21. The molecule has 0 bridgehead atoms. The monoisotopic (exact) mass is 339 g/mol. The lowest BCUT2D eigenvalue weighted by molar-refractivity contribution is -0.121. The van der Waals surface area contributed by atoms with Gasteiger partial charge in [-0.05, 0) is 36.2 Å². The van der Waals surface area contributed by atoms with Gasteiger partial charge in [-0.2, -0.15) is 0 Å². The first-order valence-corrected chi connectivity index (χ1v) is 8.23. The molecule has 0 saturated heterocycles. The lowest BCUT2D eigenvalue weighted by Crippen LogP contribution is -2.34. The van der Waals surface area contributed by atoms with E-state index in [2.05, 4.69) is 5.32 Å². The number of halogens is 1. The topological polar surface area (TPSA) is 56.0 Å². The summed E-state index contributed by atoms with van der Waals surface area (Å²) in [6.07, 6.45) is 0.791. The van der Waals surface area contributed by atoms with Crippen LogP contribution in [0, 0.1) is 5.82 Å². The highest BCUT2D eigenvalue weighted by molar-refractivity contribution is 5.81. The quantitative estimate of drug-likeness (QED) is 0.792. The summed E-state index contributed by atoms with van der Waals surface area (Å²) in [5.41, 5.74) is 2.22. The Morgan fingerprint density at radius 2 is 1.96 bits per heavy atom. The van der Waals surface area contributed by atoms with Crippen LogP contribution < -0.4 is 11.0 Å². The second-order valence-electron chi connectivity index (χ2n) is 6.49. The average Bonchev–Trinajstić information content (AvgIpc) is 3.33. The van der Waals surface area contributed by atoms with E-state index in [1.165, 1.54) is 21.3 Å². The van der Waals surface area contributed by atoms with Crippen LogP contribution in [0.4, 0.5) is 4.39 Å². The Labute approximate surface area is 143 Å². The van der Waals surface area contributed by atoms with Crippen molar-refractivity contribution in [2.45, 2.75) is 24.9 Å². The number of aryl methyl sites for hydroxylation is 1. The van der Waals surface area contributed by atoms with Crippen molar-refractivity contribution in [3.63, 3.8) is 0 Å². The van der Waals surface area contributed by atoms with Crippen molar-refractivity contribution in [2.24, 2.45) is 7.05 Å². The van der Waals surface area contributed by atoms with E-state index in [-0.39, 0.29) is 35.9 Å². The second-order valence-corrected chi connectivity index (χ2v) is 6.49. The number of amides is 1. The van der Waals surface area contributed by atoms with E-state index in [9.17, 15) is 14.0 Å². The maximum absolute atomic E-state index is 13.3. The van der Waals surface area contributed by atoms with Crippen LogP contribution in [-0.2, 0) is 18.4 Å². The first kappa shape index (κ1) is 15.6. The van der Waals surface area contributed by atoms with E-state index >= 15 is 0 Å². The van der Waals surface area contributed by atoms with Gasteiger partial charge in [-0.25, -0.2) is 9.18 Å². The molecule has 1 aliphatic rings. The van der Waals surface area contributed by atoms with Crippen molar-refractivity contribution >= 4 is 16.9 Å². The van der Waals surface area contributed by atoms with Crippen LogP contribution in [0.3, 0.4) is 0 Å². The Morgan fingerprint density at radius 3 is 2.72 bits per heavy atom. The van der Waals surface area contributed by atoms with Crippen molar-refractivity contribution in [3.05, 3.63) is 70.4 Å². The summed E-state index contributed by atoms with van der Waals surface area (Å²) in [5, 5.41) is 2.94. The summed E-state index contributed by atoms with van der Waals surface area (Å²) in [7, 11) is 1.69. The Hall–Kier alpha value is -2.89. The van der Waals surface area contributed by atoms with Gasteiger partial charge in [-0.15, -0.1) is 0 Å². The summed E-state index contributed by atoms with van der Waals surface area (Å²) < 4.78 is 16.3. The first-order chi connectivity index (χ1) is 12.0. The minimum absolute atomic E-state index is 0.0000199. The number of imidazole rings is 1. The molecule has 128 valence electrons. The van der Waals surface area contributed by atoms with Crippen molar-refractivity contribution in [3.8, 4) is 0 Å². The highest BCUT2D eigenvalue weighted by Gasteiger charge is 2.39. The van der Waals surface area contributed by atoms with Crippen LogP contribution in [0.2, 0.25) is 0 Å². The third-order valence-corrected chi connectivity index (χ3v) is 4.77. The lowest BCUT2D eigenvalue weighted by atomic mass is 10.1. The van der Waals surface area contributed by atoms with Crippen LogP contribution >= 0.6 is 0 Å². The average molecular weight is 339 g/mol. The number of fused-ring (bicyclic) bond motifs is 1. The molecule has 2 aromatic carbocycles. The van der Waals surface area contributed by atoms with Crippen LogP contribution in [-0.4, -0.2) is 21.1 Å². The van der Waals surface area contributed by atoms with Gasteiger partial charge in [-0.1, -0.05) is 24.3 Å². The highest BCUT2D eigenvalue weighted by atomic mass is 19.1. The van der Waals surface area contributed by atoms with Gasteiger partial charge >= 0.3 is 5.69 Å². The van der Waals surface area contributed by atoms with Gasteiger partial charge in [0.15, 0.2) is 0 Å². The van der Waals surface area contributed by atoms with Crippen molar-refractivity contribution in [2.75, 3.05) is 0 Å². The maximum Gasteiger partial charge on any atom is 0.329 e.